The van der Waals surface area contributed by atoms with Gasteiger partial charge < -0.3 is 10.2 Å². The van der Waals surface area contributed by atoms with E-state index < -0.39 is 0 Å². The van der Waals surface area contributed by atoms with E-state index in [1.54, 1.807) is 0 Å². The standard InChI is InChI=1S/C25H32N2O/c1-18-7-6-14-27(17-18)23-12-10-20(16-23)24-13-11-21(15-19(24)2)25(28)26-22-8-4-3-5-9-22/h3-5,8-9,11,13,15,18,20,23H,6-7,10,12,14,16-17H2,1-2H3,(H,26,28). The zero-order chi connectivity index (χ0) is 19.5. The van der Waals surface area contributed by atoms with E-state index in [9.17, 15) is 4.79 Å². The number of likely N-dealkylation sites (tertiary alicyclic amines) is 1. The lowest BCUT2D eigenvalue weighted by atomic mass is 9.91. The summed E-state index contributed by atoms with van der Waals surface area (Å²) in [4.78, 5) is 15.3. The number of amides is 1. The Morgan fingerprint density at radius 2 is 1.89 bits per heavy atom. The van der Waals surface area contributed by atoms with Crippen molar-refractivity contribution >= 4 is 11.6 Å². The van der Waals surface area contributed by atoms with Crippen LogP contribution in [-0.2, 0) is 0 Å². The highest BCUT2D eigenvalue weighted by Gasteiger charge is 2.32. The number of rotatable bonds is 4. The number of carbonyl (C=O) groups excluding carboxylic acids is 1. The van der Waals surface area contributed by atoms with Gasteiger partial charge in [-0.3, -0.25) is 4.79 Å². The Kier molecular flexibility index (Phi) is 5.82. The largest absolute Gasteiger partial charge is 0.322 e. The van der Waals surface area contributed by atoms with Gasteiger partial charge in [-0.15, -0.1) is 0 Å². The van der Waals surface area contributed by atoms with E-state index in [4.69, 9.17) is 0 Å². The first-order chi connectivity index (χ1) is 13.6. The second kappa shape index (κ2) is 8.48. The molecule has 1 amide bonds. The fraction of sp³-hybridized carbons (Fsp3) is 0.480. The molecule has 1 saturated carbocycles. The van der Waals surface area contributed by atoms with Crippen LogP contribution in [0.25, 0.3) is 0 Å². The molecule has 1 saturated heterocycles. The molecule has 3 unspecified atom stereocenters. The molecule has 2 aromatic rings. The highest BCUT2D eigenvalue weighted by atomic mass is 16.1. The average Bonchev–Trinajstić information content (AvgIpc) is 3.18. The molecule has 0 spiro atoms. The minimum absolute atomic E-state index is 0.0348. The predicted molar refractivity (Wildman–Crippen MR) is 116 cm³/mol. The van der Waals surface area contributed by atoms with Crippen molar-refractivity contribution in [2.24, 2.45) is 5.92 Å². The SMILES string of the molecule is Cc1cc(C(=O)Nc2ccccc2)ccc1C1CCC(N2CCCC(C)C2)C1. The number of carbonyl (C=O) groups is 1. The molecular weight excluding hydrogens is 344 g/mol. The minimum Gasteiger partial charge on any atom is -0.322 e. The van der Waals surface area contributed by atoms with Crippen LogP contribution < -0.4 is 5.32 Å². The molecular formula is C25H32N2O. The molecule has 2 aromatic carbocycles. The summed E-state index contributed by atoms with van der Waals surface area (Å²) in [6.07, 6.45) is 6.59. The van der Waals surface area contributed by atoms with Crippen molar-refractivity contribution in [3.05, 3.63) is 65.2 Å². The molecule has 148 valence electrons. The van der Waals surface area contributed by atoms with Crippen LogP contribution in [0.5, 0.6) is 0 Å². The van der Waals surface area contributed by atoms with E-state index in [1.807, 2.05) is 36.4 Å². The lowest BCUT2D eigenvalue weighted by molar-refractivity contribution is 0.102. The quantitative estimate of drug-likeness (QED) is 0.751. The van der Waals surface area contributed by atoms with Crippen LogP contribution >= 0.6 is 0 Å². The van der Waals surface area contributed by atoms with Gasteiger partial charge in [-0.25, -0.2) is 0 Å². The molecule has 1 aliphatic heterocycles. The fourth-order valence-corrected chi connectivity index (χ4v) is 5.13. The molecule has 2 fully saturated rings. The summed E-state index contributed by atoms with van der Waals surface area (Å²) in [6.45, 7) is 7.10. The van der Waals surface area contributed by atoms with Crippen molar-refractivity contribution in [1.82, 2.24) is 4.90 Å². The van der Waals surface area contributed by atoms with E-state index in [2.05, 4.69) is 36.2 Å². The van der Waals surface area contributed by atoms with Gasteiger partial charge in [0.05, 0.1) is 0 Å². The first kappa shape index (κ1) is 19.2. The van der Waals surface area contributed by atoms with Crippen molar-refractivity contribution in [1.29, 1.82) is 0 Å². The van der Waals surface area contributed by atoms with Crippen LogP contribution in [0.3, 0.4) is 0 Å². The van der Waals surface area contributed by atoms with Crippen LogP contribution in [0.1, 0.15) is 66.4 Å². The number of piperidine rings is 1. The van der Waals surface area contributed by atoms with E-state index in [0.717, 1.165) is 23.2 Å². The number of para-hydroxylation sites is 1. The van der Waals surface area contributed by atoms with Gasteiger partial charge in [0.25, 0.3) is 5.91 Å². The fourth-order valence-electron chi connectivity index (χ4n) is 5.13. The Labute approximate surface area is 169 Å². The Morgan fingerprint density at radius 1 is 1.07 bits per heavy atom. The van der Waals surface area contributed by atoms with Crippen molar-refractivity contribution in [3.63, 3.8) is 0 Å². The molecule has 3 heteroatoms. The summed E-state index contributed by atoms with van der Waals surface area (Å²) >= 11 is 0. The maximum atomic E-state index is 12.6. The second-order valence-corrected chi connectivity index (χ2v) is 8.80. The third kappa shape index (κ3) is 4.30. The molecule has 3 nitrogen and oxygen atoms in total. The predicted octanol–water partition coefficient (Wildman–Crippen LogP) is 5.62. The molecule has 4 rings (SSSR count). The second-order valence-electron chi connectivity index (χ2n) is 8.80. The number of hydrogen-bond donors (Lipinski definition) is 1. The van der Waals surface area contributed by atoms with Gasteiger partial charge in [0.2, 0.25) is 0 Å². The van der Waals surface area contributed by atoms with Crippen molar-refractivity contribution < 1.29 is 4.79 Å². The minimum atomic E-state index is -0.0348. The topological polar surface area (TPSA) is 32.3 Å². The molecule has 1 N–H and O–H groups in total. The first-order valence-corrected chi connectivity index (χ1v) is 10.8. The lowest BCUT2D eigenvalue weighted by Crippen LogP contribution is -2.40. The van der Waals surface area contributed by atoms with Gasteiger partial charge >= 0.3 is 0 Å². The van der Waals surface area contributed by atoms with Gasteiger partial charge in [-0.05, 0) is 92.8 Å². The Morgan fingerprint density at radius 3 is 2.64 bits per heavy atom. The number of aryl methyl sites for hydroxylation is 1. The zero-order valence-electron chi connectivity index (χ0n) is 17.2. The summed E-state index contributed by atoms with van der Waals surface area (Å²) in [5.41, 5.74) is 4.26. The normalized spacial score (nSPS) is 25.6. The van der Waals surface area contributed by atoms with Crippen molar-refractivity contribution in [3.8, 4) is 0 Å². The molecule has 1 heterocycles. The smallest absolute Gasteiger partial charge is 0.255 e. The summed E-state index contributed by atoms with van der Waals surface area (Å²) in [7, 11) is 0. The molecule has 2 aliphatic rings. The van der Waals surface area contributed by atoms with Crippen LogP contribution in [0.15, 0.2) is 48.5 Å². The Bertz CT molecular complexity index is 817. The van der Waals surface area contributed by atoms with E-state index in [0.29, 0.717) is 5.92 Å². The number of hydrogen-bond acceptors (Lipinski definition) is 2. The van der Waals surface area contributed by atoms with Crippen molar-refractivity contribution in [2.45, 2.75) is 57.9 Å². The van der Waals surface area contributed by atoms with Gasteiger partial charge in [0.15, 0.2) is 0 Å². The van der Waals surface area contributed by atoms with Gasteiger partial charge in [0.1, 0.15) is 0 Å². The molecule has 1 aliphatic carbocycles. The molecule has 3 atom stereocenters. The Balaban J connectivity index is 1.41. The molecule has 28 heavy (non-hydrogen) atoms. The molecule has 0 radical (unpaired) electrons. The summed E-state index contributed by atoms with van der Waals surface area (Å²) in [6, 6.07) is 16.6. The lowest BCUT2D eigenvalue weighted by Gasteiger charge is -2.35. The number of anilines is 1. The zero-order valence-corrected chi connectivity index (χ0v) is 17.2. The van der Waals surface area contributed by atoms with Crippen LogP contribution in [0.2, 0.25) is 0 Å². The highest BCUT2D eigenvalue weighted by Crippen LogP contribution is 2.39. The number of nitrogens with one attached hydrogen (secondary N) is 1. The van der Waals surface area contributed by atoms with E-state index >= 15 is 0 Å². The molecule has 0 bridgehead atoms. The van der Waals surface area contributed by atoms with E-state index in [-0.39, 0.29) is 5.91 Å². The summed E-state index contributed by atoms with van der Waals surface area (Å²) in [5.74, 6) is 1.44. The van der Waals surface area contributed by atoms with Crippen LogP contribution in [0.4, 0.5) is 5.69 Å². The maximum Gasteiger partial charge on any atom is 0.255 e. The van der Waals surface area contributed by atoms with Crippen molar-refractivity contribution in [2.75, 3.05) is 18.4 Å². The van der Waals surface area contributed by atoms with Crippen LogP contribution in [-0.4, -0.2) is 29.9 Å². The van der Waals surface area contributed by atoms with Gasteiger partial charge in [0, 0.05) is 23.8 Å². The third-order valence-electron chi connectivity index (χ3n) is 6.61. The van der Waals surface area contributed by atoms with E-state index in [1.165, 1.54) is 56.3 Å². The summed E-state index contributed by atoms with van der Waals surface area (Å²) < 4.78 is 0. The van der Waals surface area contributed by atoms with Gasteiger partial charge in [-0.2, -0.15) is 0 Å². The molecule has 0 aromatic heterocycles. The Hall–Kier alpha value is -2.13. The number of nitrogens with zero attached hydrogens (tertiary/aromatic N) is 1. The third-order valence-corrected chi connectivity index (χ3v) is 6.61. The average molecular weight is 377 g/mol. The highest BCUT2D eigenvalue weighted by molar-refractivity contribution is 6.04. The maximum absolute atomic E-state index is 12.6. The van der Waals surface area contributed by atoms with Gasteiger partial charge in [-0.1, -0.05) is 31.2 Å². The first-order valence-electron chi connectivity index (χ1n) is 10.8. The summed E-state index contributed by atoms with van der Waals surface area (Å²) in [5, 5.41) is 2.98. The van der Waals surface area contributed by atoms with Crippen LogP contribution in [0, 0.1) is 12.8 Å². The number of benzene rings is 2. The monoisotopic (exact) mass is 376 g/mol.